The number of anilines is 1. The van der Waals surface area contributed by atoms with E-state index in [2.05, 4.69) is 34.3 Å². The van der Waals surface area contributed by atoms with Crippen LogP contribution in [0.15, 0.2) is 22.7 Å². The summed E-state index contributed by atoms with van der Waals surface area (Å²) in [7, 11) is 0. The maximum Gasteiger partial charge on any atom is 0.206 e. The molecule has 2 aromatic heterocycles. The molecule has 0 amide bonds. The van der Waals surface area contributed by atoms with Gasteiger partial charge in [0.25, 0.3) is 0 Å². The van der Waals surface area contributed by atoms with Crippen molar-refractivity contribution in [2.75, 3.05) is 11.9 Å². The second-order valence-electron chi connectivity index (χ2n) is 4.43. The Kier molecular flexibility index (Phi) is 5.42. The van der Waals surface area contributed by atoms with Crippen molar-refractivity contribution < 1.29 is 0 Å². The van der Waals surface area contributed by atoms with Gasteiger partial charge >= 0.3 is 0 Å². The van der Waals surface area contributed by atoms with E-state index in [0.29, 0.717) is 11.1 Å². The first-order valence-electron chi connectivity index (χ1n) is 5.94. The van der Waals surface area contributed by atoms with Gasteiger partial charge < -0.3 is 5.32 Å². The number of hydrogen-bond acceptors (Lipinski definition) is 6. The van der Waals surface area contributed by atoms with Crippen molar-refractivity contribution >= 4 is 39.8 Å². The normalized spacial score (nSPS) is 10.9. The van der Waals surface area contributed by atoms with E-state index in [1.807, 2.05) is 6.07 Å². The number of rotatable bonds is 6. The van der Waals surface area contributed by atoms with Crippen LogP contribution in [-0.2, 0) is 5.75 Å². The van der Waals surface area contributed by atoms with E-state index in [4.69, 9.17) is 11.6 Å². The highest BCUT2D eigenvalue weighted by molar-refractivity contribution is 8.00. The Labute approximate surface area is 126 Å². The van der Waals surface area contributed by atoms with Crippen LogP contribution in [0.1, 0.15) is 19.4 Å². The van der Waals surface area contributed by atoms with Crippen LogP contribution in [0.25, 0.3) is 0 Å². The number of hydrogen-bond donors (Lipinski definition) is 1. The number of halogens is 1. The summed E-state index contributed by atoms with van der Waals surface area (Å²) in [5.74, 6) is 1.42. The molecule has 0 atom stereocenters. The fourth-order valence-electron chi connectivity index (χ4n) is 1.27. The van der Waals surface area contributed by atoms with Crippen LogP contribution >= 0.6 is 34.7 Å². The van der Waals surface area contributed by atoms with Crippen molar-refractivity contribution in [2.45, 2.75) is 23.9 Å². The van der Waals surface area contributed by atoms with Crippen LogP contribution in [0.5, 0.6) is 0 Å². The second-order valence-corrected chi connectivity index (χ2v) is 7.01. The van der Waals surface area contributed by atoms with Gasteiger partial charge in [-0.2, -0.15) is 0 Å². The summed E-state index contributed by atoms with van der Waals surface area (Å²) in [5, 5.41) is 12.9. The zero-order valence-corrected chi connectivity index (χ0v) is 13.1. The summed E-state index contributed by atoms with van der Waals surface area (Å²) in [4.78, 5) is 4.05. The van der Waals surface area contributed by atoms with Crippen molar-refractivity contribution in [3.63, 3.8) is 0 Å². The molecule has 19 heavy (non-hydrogen) atoms. The van der Waals surface area contributed by atoms with E-state index in [-0.39, 0.29) is 0 Å². The van der Waals surface area contributed by atoms with E-state index in [1.54, 1.807) is 35.4 Å². The fourth-order valence-corrected chi connectivity index (χ4v) is 3.07. The first-order chi connectivity index (χ1) is 9.13. The predicted octanol–water partition coefficient (Wildman–Crippen LogP) is 3.95. The molecule has 2 heterocycles. The summed E-state index contributed by atoms with van der Waals surface area (Å²) >= 11 is 8.98. The van der Waals surface area contributed by atoms with Gasteiger partial charge in [-0.1, -0.05) is 54.6 Å². The van der Waals surface area contributed by atoms with Gasteiger partial charge in [-0.3, -0.25) is 0 Å². The second kappa shape index (κ2) is 7.07. The predicted molar refractivity (Wildman–Crippen MR) is 82.0 cm³/mol. The molecule has 0 spiro atoms. The lowest BCUT2D eigenvalue weighted by Crippen LogP contribution is -2.07. The lowest BCUT2D eigenvalue weighted by atomic mass is 10.2. The molecule has 4 nitrogen and oxygen atoms in total. The third-order valence-corrected chi connectivity index (χ3v) is 4.53. The summed E-state index contributed by atoms with van der Waals surface area (Å²) in [6.45, 7) is 5.24. The molecule has 0 saturated heterocycles. The lowest BCUT2D eigenvalue weighted by Gasteiger charge is -2.03. The molecule has 0 aliphatic rings. The minimum Gasteiger partial charge on any atom is -0.360 e. The van der Waals surface area contributed by atoms with Crippen molar-refractivity contribution in [2.24, 2.45) is 5.92 Å². The highest BCUT2D eigenvalue weighted by Gasteiger charge is 2.05. The molecule has 1 N–H and O–H groups in total. The van der Waals surface area contributed by atoms with Crippen LogP contribution in [0.4, 0.5) is 5.13 Å². The Morgan fingerprint density at radius 1 is 1.37 bits per heavy atom. The molecule has 0 radical (unpaired) electrons. The van der Waals surface area contributed by atoms with Gasteiger partial charge in [0.1, 0.15) is 5.15 Å². The summed E-state index contributed by atoms with van der Waals surface area (Å²) < 4.78 is 0.959. The Hall–Kier alpha value is -0.850. The maximum absolute atomic E-state index is 5.75. The third kappa shape index (κ3) is 4.97. The number of pyridine rings is 1. The van der Waals surface area contributed by atoms with Crippen molar-refractivity contribution in [3.05, 3.63) is 29.0 Å². The lowest BCUT2D eigenvalue weighted by molar-refractivity contribution is 0.687. The Bertz CT molecular complexity index is 513. The quantitative estimate of drug-likeness (QED) is 0.646. The standard InChI is InChI=1S/C12H15ClN4S2/c1-8(2)5-15-11-16-17-12(19-11)18-7-9-3-4-10(13)14-6-9/h3-4,6,8H,5,7H2,1-2H3,(H,15,16). The average molecular weight is 315 g/mol. The van der Waals surface area contributed by atoms with Crippen LogP contribution in [-0.4, -0.2) is 21.7 Å². The molecule has 0 aliphatic carbocycles. The summed E-state index contributed by atoms with van der Waals surface area (Å²) in [6, 6.07) is 3.77. The van der Waals surface area contributed by atoms with Gasteiger partial charge in [-0.15, -0.1) is 10.2 Å². The van der Waals surface area contributed by atoms with Crippen LogP contribution in [0.3, 0.4) is 0 Å². The van der Waals surface area contributed by atoms with Gasteiger partial charge in [0, 0.05) is 18.5 Å². The molecule has 0 unspecified atom stereocenters. The largest absolute Gasteiger partial charge is 0.360 e. The molecule has 0 aromatic carbocycles. The van der Waals surface area contributed by atoms with Crippen molar-refractivity contribution in [1.82, 2.24) is 15.2 Å². The summed E-state index contributed by atoms with van der Waals surface area (Å²) in [6.07, 6.45) is 1.79. The van der Waals surface area contributed by atoms with E-state index in [9.17, 15) is 0 Å². The van der Waals surface area contributed by atoms with E-state index < -0.39 is 0 Å². The molecular formula is C12H15ClN4S2. The molecule has 2 rings (SSSR count). The van der Waals surface area contributed by atoms with Gasteiger partial charge in [0.2, 0.25) is 5.13 Å². The Balaban J connectivity index is 1.84. The number of aromatic nitrogens is 3. The molecular weight excluding hydrogens is 300 g/mol. The molecule has 0 saturated carbocycles. The minimum absolute atomic E-state index is 0.518. The highest BCUT2D eigenvalue weighted by Crippen LogP contribution is 2.28. The Morgan fingerprint density at radius 3 is 2.89 bits per heavy atom. The molecule has 0 fully saturated rings. The molecule has 0 bridgehead atoms. The summed E-state index contributed by atoms with van der Waals surface area (Å²) in [5.41, 5.74) is 1.13. The van der Waals surface area contributed by atoms with Crippen LogP contribution in [0.2, 0.25) is 5.15 Å². The van der Waals surface area contributed by atoms with Gasteiger partial charge in [-0.05, 0) is 17.5 Å². The zero-order chi connectivity index (χ0) is 13.7. The zero-order valence-electron chi connectivity index (χ0n) is 10.8. The number of nitrogens with one attached hydrogen (secondary N) is 1. The fraction of sp³-hybridized carbons (Fsp3) is 0.417. The number of thioether (sulfide) groups is 1. The first-order valence-corrected chi connectivity index (χ1v) is 8.12. The highest BCUT2D eigenvalue weighted by atomic mass is 35.5. The minimum atomic E-state index is 0.518. The monoisotopic (exact) mass is 314 g/mol. The van der Waals surface area contributed by atoms with Gasteiger partial charge in [-0.25, -0.2) is 4.98 Å². The van der Waals surface area contributed by atoms with Gasteiger partial charge in [0.05, 0.1) is 0 Å². The Morgan fingerprint density at radius 2 is 2.21 bits per heavy atom. The average Bonchev–Trinajstić information content (AvgIpc) is 2.84. The van der Waals surface area contributed by atoms with Crippen molar-refractivity contribution in [3.8, 4) is 0 Å². The molecule has 0 aliphatic heterocycles. The molecule has 102 valence electrons. The topological polar surface area (TPSA) is 50.7 Å². The smallest absolute Gasteiger partial charge is 0.206 e. The van der Waals surface area contributed by atoms with E-state index in [0.717, 1.165) is 27.3 Å². The number of nitrogens with zero attached hydrogens (tertiary/aromatic N) is 3. The van der Waals surface area contributed by atoms with Gasteiger partial charge in [0.15, 0.2) is 4.34 Å². The SMILES string of the molecule is CC(C)CNc1nnc(SCc2ccc(Cl)nc2)s1. The first kappa shape index (κ1) is 14.6. The van der Waals surface area contributed by atoms with Crippen LogP contribution < -0.4 is 5.32 Å². The molecule has 2 aromatic rings. The van der Waals surface area contributed by atoms with Crippen molar-refractivity contribution in [1.29, 1.82) is 0 Å². The third-order valence-electron chi connectivity index (χ3n) is 2.22. The van der Waals surface area contributed by atoms with E-state index >= 15 is 0 Å². The molecule has 7 heteroatoms. The van der Waals surface area contributed by atoms with Crippen LogP contribution in [0, 0.1) is 5.92 Å². The maximum atomic E-state index is 5.75. The van der Waals surface area contributed by atoms with E-state index in [1.165, 1.54) is 0 Å².